The number of pyridine rings is 1. The highest BCUT2D eigenvalue weighted by Gasteiger charge is 2.09. The van der Waals surface area contributed by atoms with Crippen molar-refractivity contribution in [2.24, 2.45) is 0 Å². The van der Waals surface area contributed by atoms with Crippen LogP contribution in [0.2, 0.25) is 0 Å². The van der Waals surface area contributed by atoms with Gasteiger partial charge in [0.2, 0.25) is 0 Å². The smallest absolute Gasteiger partial charge is 0.255 e. The number of benzene rings is 3. The van der Waals surface area contributed by atoms with Gasteiger partial charge < -0.3 is 5.32 Å². The van der Waals surface area contributed by atoms with E-state index < -0.39 is 0 Å². The van der Waals surface area contributed by atoms with Crippen molar-refractivity contribution in [2.75, 3.05) is 5.32 Å². The van der Waals surface area contributed by atoms with Crippen LogP contribution in [0.4, 0.5) is 5.69 Å². The minimum Gasteiger partial charge on any atom is -0.322 e. The average Bonchev–Trinajstić information content (AvgIpc) is 2.69. The number of anilines is 1. The highest BCUT2D eigenvalue weighted by atomic mass is 16.1. The number of para-hydroxylation sites is 2. The summed E-state index contributed by atoms with van der Waals surface area (Å²) in [6, 6.07) is 25.5. The number of nitrogens with zero attached hydrogens (tertiary/aromatic N) is 1. The van der Waals surface area contributed by atoms with Crippen molar-refractivity contribution < 1.29 is 4.79 Å². The van der Waals surface area contributed by atoms with Gasteiger partial charge in [0, 0.05) is 28.4 Å². The maximum atomic E-state index is 12.6. The number of hydrogen-bond donors (Lipinski definition) is 1. The van der Waals surface area contributed by atoms with Gasteiger partial charge in [0.1, 0.15) is 0 Å². The lowest BCUT2D eigenvalue weighted by Gasteiger charge is -2.09. The van der Waals surface area contributed by atoms with Crippen molar-refractivity contribution >= 4 is 22.5 Å². The molecule has 0 radical (unpaired) electrons. The number of nitrogens with one attached hydrogen (secondary N) is 1. The lowest BCUT2D eigenvalue weighted by molar-refractivity contribution is 0.102. The van der Waals surface area contributed by atoms with Crippen molar-refractivity contribution in [1.29, 1.82) is 0 Å². The first kappa shape index (κ1) is 16.0. The standard InChI is InChI=1S/C23H18N2O/c1-16-7-2-4-11-21(16)25-23(26)19-10-6-9-17(13-19)20-14-18-8-3-5-12-22(18)24-15-20/h2-15H,1H3,(H,25,26). The predicted molar refractivity (Wildman–Crippen MR) is 106 cm³/mol. The zero-order chi connectivity index (χ0) is 17.9. The van der Waals surface area contributed by atoms with Crippen molar-refractivity contribution in [3.8, 4) is 11.1 Å². The normalized spacial score (nSPS) is 10.7. The lowest BCUT2D eigenvalue weighted by Crippen LogP contribution is -2.12. The Morgan fingerprint density at radius 1 is 0.846 bits per heavy atom. The van der Waals surface area contributed by atoms with E-state index >= 15 is 0 Å². The van der Waals surface area contributed by atoms with E-state index in [0.717, 1.165) is 33.3 Å². The molecule has 3 nitrogen and oxygen atoms in total. The summed E-state index contributed by atoms with van der Waals surface area (Å²) in [6.07, 6.45) is 1.85. The van der Waals surface area contributed by atoms with Gasteiger partial charge in [-0.2, -0.15) is 0 Å². The molecule has 3 heteroatoms. The van der Waals surface area contributed by atoms with E-state index in [1.165, 1.54) is 0 Å². The fourth-order valence-corrected chi connectivity index (χ4v) is 2.98. The van der Waals surface area contributed by atoms with Gasteiger partial charge in [0.05, 0.1) is 5.52 Å². The van der Waals surface area contributed by atoms with Crippen molar-refractivity contribution in [3.05, 3.63) is 96.2 Å². The summed E-state index contributed by atoms with van der Waals surface area (Å²) >= 11 is 0. The third-order valence-electron chi connectivity index (χ3n) is 4.44. The van der Waals surface area contributed by atoms with Crippen LogP contribution in [-0.4, -0.2) is 10.9 Å². The molecular weight excluding hydrogens is 320 g/mol. The molecule has 1 heterocycles. The van der Waals surface area contributed by atoms with Crippen LogP contribution in [0, 0.1) is 6.92 Å². The van der Waals surface area contributed by atoms with Crippen molar-refractivity contribution in [1.82, 2.24) is 4.98 Å². The maximum Gasteiger partial charge on any atom is 0.255 e. The molecule has 1 amide bonds. The van der Waals surface area contributed by atoms with E-state index in [4.69, 9.17) is 0 Å². The number of hydrogen-bond acceptors (Lipinski definition) is 2. The van der Waals surface area contributed by atoms with Gasteiger partial charge in [0.25, 0.3) is 5.91 Å². The largest absolute Gasteiger partial charge is 0.322 e. The van der Waals surface area contributed by atoms with E-state index in [0.29, 0.717) is 5.56 Å². The number of rotatable bonds is 3. The van der Waals surface area contributed by atoms with Crippen molar-refractivity contribution in [2.45, 2.75) is 6.92 Å². The molecule has 0 fully saturated rings. The van der Waals surface area contributed by atoms with Crippen LogP contribution in [0.15, 0.2) is 85.1 Å². The van der Waals surface area contributed by atoms with E-state index in [-0.39, 0.29) is 5.91 Å². The molecule has 26 heavy (non-hydrogen) atoms. The SMILES string of the molecule is Cc1ccccc1NC(=O)c1cccc(-c2cnc3ccccc3c2)c1. The first-order valence-electron chi connectivity index (χ1n) is 8.53. The molecular formula is C23H18N2O. The van der Waals surface area contributed by atoms with Gasteiger partial charge in [0.15, 0.2) is 0 Å². The summed E-state index contributed by atoms with van der Waals surface area (Å²) in [5.41, 5.74) is 5.42. The molecule has 1 N–H and O–H groups in total. The summed E-state index contributed by atoms with van der Waals surface area (Å²) in [7, 11) is 0. The van der Waals surface area contributed by atoms with Gasteiger partial charge in [-0.05, 0) is 48.4 Å². The molecule has 1 aromatic heterocycles. The Hall–Kier alpha value is -3.46. The van der Waals surface area contributed by atoms with Gasteiger partial charge in [-0.3, -0.25) is 9.78 Å². The number of carbonyl (C=O) groups is 1. The van der Waals surface area contributed by atoms with E-state index in [1.54, 1.807) is 0 Å². The predicted octanol–water partition coefficient (Wildman–Crippen LogP) is 5.46. The molecule has 0 aliphatic carbocycles. The number of aromatic nitrogens is 1. The Morgan fingerprint density at radius 3 is 2.54 bits per heavy atom. The monoisotopic (exact) mass is 338 g/mol. The molecule has 4 rings (SSSR count). The molecule has 0 unspecified atom stereocenters. The molecule has 126 valence electrons. The van der Waals surface area contributed by atoms with Gasteiger partial charge in [-0.1, -0.05) is 48.5 Å². The Morgan fingerprint density at radius 2 is 1.65 bits per heavy atom. The van der Waals surface area contributed by atoms with Crippen LogP contribution in [0.3, 0.4) is 0 Å². The summed E-state index contributed by atoms with van der Waals surface area (Å²) in [5, 5.41) is 4.06. The zero-order valence-corrected chi connectivity index (χ0v) is 14.4. The van der Waals surface area contributed by atoms with E-state index in [1.807, 2.05) is 85.9 Å². The van der Waals surface area contributed by atoms with Crippen LogP contribution >= 0.6 is 0 Å². The second-order valence-corrected chi connectivity index (χ2v) is 6.27. The number of amides is 1. The van der Waals surface area contributed by atoms with Crippen LogP contribution in [0.25, 0.3) is 22.0 Å². The van der Waals surface area contributed by atoms with Crippen LogP contribution in [0.1, 0.15) is 15.9 Å². The van der Waals surface area contributed by atoms with Crippen LogP contribution < -0.4 is 5.32 Å². The third-order valence-corrected chi connectivity index (χ3v) is 4.44. The molecule has 4 aromatic rings. The van der Waals surface area contributed by atoms with Gasteiger partial charge >= 0.3 is 0 Å². The highest BCUT2D eigenvalue weighted by molar-refractivity contribution is 6.05. The molecule has 0 bridgehead atoms. The van der Waals surface area contributed by atoms with E-state index in [2.05, 4.69) is 16.4 Å². The molecule has 0 saturated heterocycles. The minimum absolute atomic E-state index is 0.116. The highest BCUT2D eigenvalue weighted by Crippen LogP contribution is 2.24. The lowest BCUT2D eigenvalue weighted by atomic mass is 10.0. The Kier molecular flexibility index (Phi) is 4.20. The number of aryl methyl sites for hydroxylation is 1. The van der Waals surface area contributed by atoms with Crippen LogP contribution in [0.5, 0.6) is 0 Å². The van der Waals surface area contributed by atoms with Crippen molar-refractivity contribution in [3.63, 3.8) is 0 Å². The molecule has 0 atom stereocenters. The maximum absolute atomic E-state index is 12.6. The van der Waals surface area contributed by atoms with E-state index in [9.17, 15) is 4.79 Å². The quantitative estimate of drug-likeness (QED) is 0.539. The van der Waals surface area contributed by atoms with Gasteiger partial charge in [-0.15, -0.1) is 0 Å². The Balaban J connectivity index is 1.65. The molecule has 3 aromatic carbocycles. The first-order chi connectivity index (χ1) is 12.7. The third kappa shape index (κ3) is 3.20. The summed E-state index contributed by atoms with van der Waals surface area (Å²) < 4.78 is 0. The topological polar surface area (TPSA) is 42.0 Å². The summed E-state index contributed by atoms with van der Waals surface area (Å²) in [6.45, 7) is 1.98. The molecule has 0 aliphatic heterocycles. The van der Waals surface area contributed by atoms with Gasteiger partial charge in [-0.25, -0.2) is 0 Å². The average molecular weight is 338 g/mol. The summed E-state index contributed by atoms with van der Waals surface area (Å²) in [4.78, 5) is 17.1. The fourth-order valence-electron chi connectivity index (χ4n) is 2.98. The second kappa shape index (κ2) is 6.81. The zero-order valence-electron chi connectivity index (χ0n) is 14.4. The first-order valence-corrected chi connectivity index (χ1v) is 8.53. The molecule has 0 aliphatic rings. The summed E-state index contributed by atoms with van der Waals surface area (Å²) in [5.74, 6) is -0.116. The number of fused-ring (bicyclic) bond motifs is 1. The fraction of sp³-hybridized carbons (Fsp3) is 0.0435. The van der Waals surface area contributed by atoms with Crippen LogP contribution in [-0.2, 0) is 0 Å². The second-order valence-electron chi connectivity index (χ2n) is 6.27. The molecule has 0 spiro atoms. The Bertz CT molecular complexity index is 1100. The molecule has 0 saturated carbocycles. The minimum atomic E-state index is -0.116. The number of carbonyl (C=O) groups excluding carboxylic acids is 1. The Labute approximate surface area is 152 Å².